The molecule has 0 fully saturated rings. The van der Waals surface area contributed by atoms with Crippen molar-refractivity contribution in [3.8, 4) is 0 Å². The molecule has 0 bridgehead atoms. The van der Waals surface area contributed by atoms with Crippen molar-refractivity contribution in [2.24, 2.45) is 0 Å². The lowest BCUT2D eigenvalue weighted by atomic mass is 10.2. The Morgan fingerprint density at radius 1 is 1.40 bits per heavy atom. The van der Waals surface area contributed by atoms with Crippen LogP contribution in [0.5, 0.6) is 0 Å². The number of hydrogen-bond donors (Lipinski definition) is 1. The number of hydrogen-bond acceptors (Lipinski definition) is 3. The number of Topliss-reactive ketones (excluding diaryl/α,β-unsaturated/α-hetero) is 1. The van der Waals surface area contributed by atoms with E-state index in [1.165, 1.54) is 0 Å². The van der Waals surface area contributed by atoms with Gasteiger partial charge in [-0.2, -0.15) is 0 Å². The molecule has 1 N–H and O–H groups in total. The van der Waals surface area contributed by atoms with Crippen LogP contribution in [0.15, 0.2) is 11.6 Å². The molecule has 0 heterocycles. The van der Waals surface area contributed by atoms with E-state index in [0.717, 1.165) is 13.0 Å². The number of aliphatic carboxylic acids is 1. The maximum absolute atomic E-state index is 10.4. The Morgan fingerprint density at radius 3 is 2.00 bits per heavy atom. The summed E-state index contributed by atoms with van der Waals surface area (Å²) in [5, 5.41) is 8.23. The number of carboxylic acids is 1. The molecule has 0 aromatic carbocycles. The first kappa shape index (κ1) is 8.55. The Morgan fingerprint density at radius 2 is 1.90 bits per heavy atom. The van der Waals surface area contributed by atoms with Crippen molar-refractivity contribution in [2.45, 2.75) is 6.92 Å². The van der Waals surface area contributed by atoms with Crippen LogP contribution in [0.4, 0.5) is 0 Å². The zero-order valence-electron chi connectivity index (χ0n) is 5.33. The summed E-state index contributed by atoms with van der Waals surface area (Å²) in [7, 11) is 0. The third kappa shape index (κ3) is 2.21. The second kappa shape index (κ2) is 3.55. The van der Waals surface area contributed by atoms with Crippen molar-refractivity contribution in [2.75, 3.05) is 0 Å². The molecular formula is C6H6O4. The minimum Gasteiger partial charge on any atom is -0.478 e. The normalized spacial score (nSPS) is 10.7. The molecule has 0 spiro atoms. The molecule has 4 heteroatoms. The summed E-state index contributed by atoms with van der Waals surface area (Å²) in [6.07, 6.45) is 0.996. The highest BCUT2D eigenvalue weighted by Gasteiger charge is 2.10. The van der Waals surface area contributed by atoms with Gasteiger partial charge in [-0.1, -0.05) is 0 Å². The summed E-state index contributed by atoms with van der Waals surface area (Å²) >= 11 is 0. The number of ketones is 1. The Balaban J connectivity index is 4.58. The number of carbonyl (C=O) groups is 3. The molecule has 0 radical (unpaired) electrons. The molecule has 0 unspecified atom stereocenters. The zero-order valence-corrected chi connectivity index (χ0v) is 5.33. The molecule has 0 aromatic rings. The molecule has 0 aliphatic rings. The van der Waals surface area contributed by atoms with Gasteiger partial charge in [0.2, 0.25) is 0 Å². The van der Waals surface area contributed by atoms with Crippen LogP contribution in [0, 0.1) is 0 Å². The standard InChI is InChI=1S/C6H6O4/c1-4(8)5(2-3-7)6(9)10/h2-3H,1H3,(H,9,10). The lowest BCUT2D eigenvalue weighted by Crippen LogP contribution is -2.08. The van der Waals surface area contributed by atoms with E-state index in [1.807, 2.05) is 0 Å². The van der Waals surface area contributed by atoms with E-state index in [2.05, 4.69) is 0 Å². The molecule has 0 saturated heterocycles. The first-order chi connectivity index (χ1) is 4.59. The van der Waals surface area contributed by atoms with E-state index >= 15 is 0 Å². The van der Waals surface area contributed by atoms with Gasteiger partial charge in [0.05, 0.1) is 0 Å². The Bertz CT molecular complexity index is 186. The van der Waals surface area contributed by atoms with Crippen LogP contribution in [-0.4, -0.2) is 23.1 Å². The van der Waals surface area contributed by atoms with Gasteiger partial charge >= 0.3 is 5.97 Å². The molecule has 0 aliphatic carbocycles. The van der Waals surface area contributed by atoms with Crippen molar-refractivity contribution in [3.63, 3.8) is 0 Å². The fraction of sp³-hybridized carbons (Fsp3) is 0.167. The lowest BCUT2D eigenvalue weighted by Gasteiger charge is -1.90. The summed E-state index contributed by atoms with van der Waals surface area (Å²) in [5.41, 5.74) is -0.491. The van der Waals surface area contributed by atoms with Gasteiger partial charge in [-0.15, -0.1) is 0 Å². The highest BCUT2D eigenvalue weighted by Crippen LogP contribution is 1.93. The molecule has 0 atom stereocenters. The van der Waals surface area contributed by atoms with Crippen LogP contribution in [-0.2, 0) is 14.4 Å². The fourth-order valence-corrected chi connectivity index (χ4v) is 0.407. The van der Waals surface area contributed by atoms with Gasteiger partial charge < -0.3 is 5.11 Å². The molecule has 54 valence electrons. The molecule has 0 amide bonds. The quantitative estimate of drug-likeness (QED) is 0.256. The SMILES string of the molecule is CC(=O)C(=CC=O)C(=O)O. The van der Waals surface area contributed by atoms with Crippen LogP contribution in [0.3, 0.4) is 0 Å². The number of carboxylic acid groups (broad SMARTS) is 1. The molecule has 0 aromatic heterocycles. The number of allylic oxidation sites excluding steroid dienone is 1. The van der Waals surface area contributed by atoms with Crippen molar-refractivity contribution in [1.82, 2.24) is 0 Å². The summed E-state index contributed by atoms with van der Waals surface area (Å²) in [6, 6.07) is 0. The smallest absolute Gasteiger partial charge is 0.339 e. The first-order valence-electron chi connectivity index (χ1n) is 2.49. The molecule has 4 nitrogen and oxygen atoms in total. The monoisotopic (exact) mass is 142 g/mol. The largest absolute Gasteiger partial charge is 0.478 e. The maximum Gasteiger partial charge on any atom is 0.339 e. The van der Waals surface area contributed by atoms with Crippen molar-refractivity contribution in [1.29, 1.82) is 0 Å². The average Bonchev–Trinajstić information content (AvgIpc) is 1.81. The van der Waals surface area contributed by atoms with Gasteiger partial charge in [0.15, 0.2) is 5.78 Å². The molecule has 0 saturated carbocycles. The summed E-state index contributed by atoms with van der Waals surface area (Å²) in [5.74, 6) is -2.00. The van der Waals surface area contributed by atoms with Crippen LogP contribution >= 0.6 is 0 Å². The fourth-order valence-electron chi connectivity index (χ4n) is 0.407. The highest BCUT2D eigenvalue weighted by atomic mass is 16.4. The van der Waals surface area contributed by atoms with E-state index in [-0.39, 0.29) is 6.29 Å². The lowest BCUT2D eigenvalue weighted by molar-refractivity contribution is -0.134. The van der Waals surface area contributed by atoms with E-state index in [1.54, 1.807) is 0 Å². The second-order valence-corrected chi connectivity index (χ2v) is 1.58. The van der Waals surface area contributed by atoms with Gasteiger partial charge in [0.25, 0.3) is 0 Å². The van der Waals surface area contributed by atoms with E-state index in [4.69, 9.17) is 5.11 Å². The molecule has 10 heavy (non-hydrogen) atoms. The summed E-state index contributed by atoms with van der Waals surface area (Å²) in [4.78, 5) is 30.2. The number of aldehydes is 1. The average molecular weight is 142 g/mol. The van der Waals surface area contributed by atoms with Gasteiger partial charge in [0, 0.05) is 0 Å². The Labute approximate surface area is 57.2 Å². The van der Waals surface area contributed by atoms with Crippen molar-refractivity contribution in [3.05, 3.63) is 11.6 Å². The van der Waals surface area contributed by atoms with Crippen molar-refractivity contribution < 1.29 is 19.5 Å². The highest BCUT2D eigenvalue weighted by molar-refractivity contribution is 6.17. The van der Waals surface area contributed by atoms with Gasteiger partial charge in [-0.3, -0.25) is 9.59 Å². The third-order valence-electron chi connectivity index (χ3n) is 0.844. The minimum atomic E-state index is -1.38. The first-order valence-corrected chi connectivity index (χ1v) is 2.49. The Hall–Kier alpha value is -1.45. The van der Waals surface area contributed by atoms with Crippen LogP contribution < -0.4 is 0 Å². The van der Waals surface area contributed by atoms with Crippen LogP contribution in [0.25, 0.3) is 0 Å². The van der Waals surface area contributed by atoms with Gasteiger partial charge in [-0.25, -0.2) is 4.79 Å². The van der Waals surface area contributed by atoms with E-state index < -0.39 is 17.3 Å². The maximum atomic E-state index is 10.4. The molecular weight excluding hydrogens is 136 g/mol. The topological polar surface area (TPSA) is 71.4 Å². The van der Waals surface area contributed by atoms with Gasteiger partial charge in [-0.05, 0) is 13.0 Å². The van der Waals surface area contributed by atoms with E-state index in [9.17, 15) is 14.4 Å². The zero-order chi connectivity index (χ0) is 8.15. The van der Waals surface area contributed by atoms with Crippen LogP contribution in [0.1, 0.15) is 6.92 Å². The second-order valence-electron chi connectivity index (χ2n) is 1.58. The number of carbonyl (C=O) groups excluding carboxylic acids is 2. The van der Waals surface area contributed by atoms with Gasteiger partial charge in [0.1, 0.15) is 11.9 Å². The number of rotatable bonds is 3. The van der Waals surface area contributed by atoms with Crippen molar-refractivity contribution >= 4 is 18.0 Å². The van der Waals surface area contributed by atoms with Crippen LogP contribution in [0.2, 0.25) is 0 Å². The summed E-state index contributed by atoms with van der Waals surface area (Å²) < 4.78 is 0. The molecule has 0 aliphatic heterocycles. The minimum absolute atomic E-state index is 0.269. The predicted octanol–water partition coefficient (Wildman–Crippen LogP) is -0.215. The predicted molar refractivity (Wildman–Crippen MR) is 32.5 cm³/mol. The third-order valence-corrected chi connectivity index (χ3v) is 0.844. The summed E-state index contributed by atoms with van der Waals surface area (Å²) in [6.45, 7) is 1.09. The van der Waals surface area contributed by atoms with E-state index in [0.29, 0.717) is 0 Å². The Kier molecular flexibility index (Phi) is 3.04. The molecule has 0 rings (SSSR count).